The number of amides is 1. The van der Waals surface area contributed by atoms with Crippen LogP contribution in [0.3, 0.4) is 0 Å². The summed E-state index contributed by atoms with van der Waals surface area (Å²) in [6, 6.07) is 19.0. The molecule has 1 saturated heterocycles. The third-order valence-electron chi connectivity index (χ3n) is 7.60. The number of nitrogens with zero attached hydrogens (tertiary/aromatic N) is 2. The molecule has 1 N–H and O–H groups in total. The number of allylic oxidation sites excluding steroid dienone is 1. The number of aromatic nitrogens is 1. The van der Waals surface area contributed by atoms with Crippen molar-refractivity contribution in [3.05, 3.63) is 82.5 Å². The number of hydrogen-bond donors (Lipinski definition) is 1. The number of carbonyl (C=O) groups is 1. The van der Waals surface area contributed by atoms with Gasteiger partial charge in [0.15, 0.2) is 0 Å². The summed E-state index contributed by atoms with van der Waals surface area (Å²) >= 11 is 6.26. The van der Waals surface area contributed by atoms with Crippen LogP contribution >= 0.6 is 11.6 Å². The Hall–Kier alpha value is -2.56. The van der Waals surface area contributed by atoms with Crippen LogP contribution in [0.15, 0.2) is 66.2 Å². The molecule has 1 amide bonds. The molecule has 4 nitrogen and oxygen atoms in total. The average Bonchev–Trinajstić information content (AvgIpc) is 3.22. The molecule has 5 heteroatoms. The van der Waals surface area contributed by atoms with Crippen LogP contribution in [-0.4, -0.2) is 35.0 Å². The highest BCUT2D eigenvalue weighted by atomic mass is 35.5. The van der Waals surface area contributed by atoms with E-state index in [9.17, 15) is 4.79 Å². The van der Waals surface area contributed by atoms with Gasteiger partial charge in [-0.15, -0.1) is 0 Å². The van der Waals surface area contributed by atoms with Crippen LogP contribution in [-0.2, 0) is 17.9 Å². The largest absolute Gasteiger partial charge is 0.356 e. The first-order chi connectivity index (χ1) is 17.2. The lowest BCUT2D eigenvalue weighted by atomic mass is 9.95. The molecule has 0 atom stereocenters. The number of fused-ring (bicyclic) bond motifs is 1. The number of rotatable bonds is 8. The zero-order valence-electron chi connectivity index (χ0n) is 20.5. The highest BCUT2D eigenvalue weighted by Crippen LogP contribution is 2.26. The molecule has 0 bridgehead atoms. The molecule has 184 valence electrons. The summed E-state index contributed by atoms with van der Waals surface area (Å²) in [4.78, 5) is 15.2. The molecule has 2 aromatic carbocycles. The monoisotopic (exact) mass is 489 g/mol. The Kier molecular flexibility index (Phi) is 7.90. The van der Waals surface area contributed by atoms with Crippen LogP contribution in [0, 0.1) is 5.92 Å². The van der Waals surface area contributed by atoms with Gasteiger partial charge in [0.05, 0.1) is 0 Å². The summed E-state index contributed by atoms with van der Waals surface area (Å²) in [6.45, 7) is 4.41. The lowest BCUT2D eigenvalue weighted by Gasteiger charge is -2.31. The van der Waals surface area contributed by atoms with Gasteiger partial charge in [-0.2, -0.15) is 0 Å². The fourth-order valence-electron chi connectivity index (χ4n) is 5.61. The van der Waals surface area contributed by atoms with Crippen LogP contribution in [0.4, 0.5) is 0 Å². The van der Waals surface area contributed by atoms with Crippen molar-refractivity contribution in [2.75, 3.05) is 19.6 Å². The van der Waals surface area contributed by atoms with Gasteiger partial charge in [0.1, 0.15) is 0 Å². The number of carbonyl (C=O) groups excluding carboxylic acids is 1. The maximum Gasteiger partial charge on any atom is 0.223 e. The first-order valence-electron chi connectivity index (χ1n) is 13.2. The van der Waals surface area contributed by atoms with Crippen molar-refractivity contribution in [1.29, 1.82) is 0 Å². The van der Waals surface area contributed by atoms with Gasteiger partial charge in [-0.05, 0) is 93.3 Å². The second-order valence-corrected chi connectivity index (χ2v) is 10.5. The summed E-state index contributed by atoms with van der Waals surface area (Å²) in [5.41, 5.74) is 5.30. The highest BCUT2D eigenvalue weighted by molar-refractivity contribution is 6.30. The average molecular weight is 490 g/mol. The quantitative estimate of drug-likeness (QED) is 0.364. The molecule has 35 heavy (non-hydrogen) atoms. The lowest BCUT2D eigenvalue weighted by molar-refractivity contribution is -0.126. The fourth-order valence-corrected chi connectivity index (χ4v) is 5.82. The van der Waals surface area contributed by atoms with Crippen molar-refractivity contribution in [2.45, 2.75) is 58.0 Å². The summed E-state index contributed by atoms with van der Waals surface area (Å²) in [5, 5.41) is 5.25. The van der Waals surface area contributed by atoms with Crippen molar-refractivity contribution >= 4 is 28.4 Å². The van der Waals surface area contributed by atoms with E-state index in [4.69, 9.17) is 11.6 Å². The smallest absolute Gasteiger partial charge is 0.223 e. The molecule has 1 aliphatic heterocycles. The standard InChI is InChI=1S/C30H36ClN3O/c31-27-11-6-9-24(19-27)21-34-28(20-26-10-4-5-12-29(26)34)22-33-17-14-25(15-18-33)30(35)32-16-13-23-7-2-1-3-8-23/h4-7,9-12,19-20,25H,1-3,8,13-18,21-22H2,(H,32,35). The molecule has 5 rings (SSSR count). The maximum atomic E-state index is 12.7. The number of likely N-dealkylation sites (tertiary alicyclic amines) is 1. The third-order valence-corrected chi connectivity index (χ3v) is 7.84. The Morgan fingerprint density at radius 3 is 2.66 bits per heavy atom. The minimum atomic E-state index is 0.143. The number of halogens is 1. The first kappa shape index (κ1) is 24.1. The minimum Gasteiger partial charge on any atom is -0.356 e. The van der Waals surface area contributed by atoms with E-state index in [1.807, 2.05) is 12.1 Å². The van der Waals surface area contributed by atoms with E-state index in [2.05, 4.69) is 63.3 Å². The van der Waals surface area contributed by atoms with Gasteiger partial charge in [-0.25, -0.2) is 0 Å². The predicted molar refractivity (Wildman–Crippen MR) is 145 cm³/mol. The fraction of sp³-hybridized carbons (Fsp3) is 0.433. The van der Waals surface area contributed by atoms with Crippen molar-refractivity contribution in [3.63, 3.8) is 0 Å². The van der Waals surface area contributed by atoms with Crippen LogP contribution in [0.1, 0.15) is 56.2 Å². The molecule has 2 heterocycles. The Morgan fingerprint density at radius 2 is 1.86 bits per heavy atom. The first-order valence-corrected chi connectivity index (χ1v) is 13.5. The van der Waals surface area contributed by atoms with Crippen LogP contribution in [0.25, 0.3) is 10.9 Å². The number of benzene rings is 2. The van der Waals surface area contributed by atoms with Gasteiger partial charge in [-0.1, -0.05) is 53.6 Å². The van der Waals surface area contributed by atoms with Gasteiger partial charge in [0.25, 0.3) is 0 Å². The summed E-state index contributed by atoms with van der Waals surface area (Å²) in [5.74, 6) is 0.389. The van der Waals surface area contributed by atoms with Crippen LogP contribution in [0.2, 0.25) is 5.02 Å². The van der Waals surface area contributed by atoms with E-state index in [0.717, 1.165) is 57.0 Å². The van der Waals surface area contributed by atoms with Gasteiger partial charge in [0.2, 0.25) is 5.91 Å². The molecular weight excluding hydrogens is 454 g/mol. The highest BCUT2D eigenvalue weighted by Gasteiger charge is 2.25. The van der Waals surface area contributed by atoms with Crippen LogP contribution in [0.5, 0.6) is 0 Å². The normalized spacial score (nSPS) is 17.5. The predicted octanol–water partition coefficient (Wildman–Crippen LogP) is 6.56. The summed E-state index contributed by atoms with van der Waals surface area (Å²) < 4.78 is 2.42. The molecular formula is C30H36ClN3O. The molecule has 0 saturated carbocycles. The molecule has 1 aromatic heterocycles. The van der Waals surface area contributed by atoms with E-state index in [1.54, 1.807) is 0 Å². The Balaban J connectivity index is 1.18. The van der Waals surface area contributed by atoms with Crippen molar-refractivity contribution < 1.29 is 4.79 Å². The zero-order valence-corrected chi connectivity index (χ0v) is 21.3. The SMILES string of the molecule is O=C(NCCC1=CCCCC1)C1CCN(Cc2cc3ccccc3n2Cc2cccc(Cl)c2)CC1. The molecule has 1 aliphatic carbocycles. The molecule has 2 aliphatic rings. The number of nitrogens with one attached hydrogen (secondary N) is 1. The Bertz CT molecular complexity index is 1190. The molecule has 1 fully saturated rings. The number of para-hydroxylation sites is 1. The van der Waals surface area contributed by atoms with E-state index in [1.165, 1.54) is 53.4 Å². The Labute approximate surface area is 214 Å². The molecule has 0 unspecified atom stereocenters. The van der Waals surface area contributed by atoms with Gasteiger partial charge >= 0.3 is 0 Å². The number of hydrogen-bond acceptors (Lipinski definition) is 2. The van der Waals surface area contributed by atoms with E-state index >= 15 is 0 Å². The van der Waals surface area contributed by atoms with Gasteiger partial charge in [0, 0.05) is 41.8 Å². The number of piperidine rings is 1. The van der Waals surface area contributed by atoms with E-state index in [0.29, 0.717) is 0 Å². The summed E-state index contributed by atoms with van der Waals surface area (Å²) in [7, 11) is 0. The lowest BCUT2D eigenvalue weighted by Crippen LogP contribution is -2.40. The van der Waals surface area contributed by atoms with Gasteiger partial charge in [-0.3, -0.25) is 9.69 Å². The molecule has 0 spiro atoms. The summed E-state index contributed by atoms with van der Waals surface area (Å²) in [6.07, 6.45) is 10.3. The van der Waals surface area contributed by atoms with Crippen molar-refractivity contribution in [3.8, 4) is 0 Å². The second kappa shape index (κ2) is 11.5. The van der Waals surface area contributed by atoms with Crippen molar-refractivity contribution in [2.24, 2.45) is 5.92 Å². The molecule has 3 aromatic rings. The minimum absolute atomic E-state index is 0.143. The Morgan fingerprint density at radius 1 is 1.00 bits per heavy atom. The van der Waals surface area contributed by atoms with E-state index < -0.39 is 0 Å². The van der Waals surface area contributed by atoms with Crippen molar-refractivity contribution in [1.82, 2.24) is 14.8 Å². The molecule has 0 radical (unpaired) electrons. The van der Waals surface area contributed by atoms with Crippen LogP contribution < -0.4 is 5.32 Å². The van der Waals surface area contributed by atoms with E-state index in [-0.39, 0.29) is 11.8 Å². The van der Waals surface area contributed by atoms with Gasteiger partial charge < -0.3 is 9.88 Å². The third kappa shape index (κ3) is 6.17. The second-order valence-electron chi connectivity index (χ2n) is 10.1. The topological polar surface area (TPSA) is 37.3 Å². The maximum absolute atomic E-state index is 12.7. The zero-order chi connectivity index (χ0) is 24.0.